The Bertz CT molecular complexity index is 2270. The molecule has 3 aliphatic rings. The first kappa shape index (κ1) is 36.0. The Balaban J connectivity index is 0.908. The quantitative estimate of drug-likeness (QED) is 0.142. The summed E-state index contributed by atoms with van der Waals surface area (Å²) in [6.45, 7) is 6.70. The summed E-state index contributed by atoms with van der Waals surface area (Å²) in [4.78, 5) is 67.5. The Hall–Kier alpha value is -6.02. The number of carbonyl (C=O) groups excluding carboxylic acids is 4. The molecule has 13 nitrogen and oxygen atoms in total. The number of carbonyl (C=O) groups is 4. The summed E-state index contributed by atoms with van der Waals surface area (Å²) in [5.74, 6) is -0.227. The molecular formula is C41H42FN9O4. The van der Waals surface area contributed by atoms with Crippen LogP contribution in [0.5, 0.6) is 0 Å². The molecule has 0 bridgehead atoms. The number of imidazole rings is 1. The van der Waals surface area contributed by atoms with Crippen LogP contribution in [0.25, 0.3) is 17.0 Å². The van der Waals surface area contributed by atoms with E-state index in [1.807, 2.05) is 53.9 Å². The normalized spacial score (nSPS) is 17.9. The van der Waals surface area contributed by atoms with E-state index in [0.717, 1.165) is 96.8 Å². The zero-order valence-corrected chi connectivity index (χ0v) is 30.6. The van der Waals surface area contributed by atoms with Gasteiger partial charge >= 0.3 is 0 Å². The highest BCUT2D eigenvalue weighted by Gasteiger charge is 2.42. The Kier molecular flexibility index (Phi) is 10.1. The summed E-state index contributed by atoms with van der Waals surface area (Å²) in [5.41, 5.74) is 4.74. The number of hydrogen-bond acceptors (Lipinski definition) is 10. The van der Waals surface area contributed by atoms with Crippen LogP contribution in [0.3, 0.4) is 0 Å². The van der Waals surface area contributed by atoms with Crippen molar-refractivity contribution in [1.82, 2.24) is 34.7 Å². The number of benzene rings is 2. The van der Waals surface area contributed by atoms with Crippen molar-refractivity contribution in [2.75, 3.05) is 49.1 Å². The first-order chi connectivity index (χ1) is 26.8. The predicted molar refractivity (Wildman–Crippen MR) is 204 cm³/mol. The highest BCUT2D eigenvalue weighted by molar-refractivity contribution is 6.23. The number of halogens is 1. The second-order valence-corrected chi connectivity index (χ2v) is 14.3. The maximum atomic E-state index is 14.1. The highest BCUT2D eigenvalue weighted by Crippen LogP contribution is 2.36. The summed E-state index contributed by atoms with van der Waals surface area (Å²) in [5, 5.41) is 7.10. The molecule has 4 amide bonds. The van der Waals surface area contributed by atoms with Crippen LogP contribution in [0.4, 0.5) is 16.0 Å². The van der Waals surface area contributed by atoms with Gasteiger partial charge in [-0.2, -0.15) is 0 Å². The Morgan fingerprint density at radius 2 is 1.76 bits per heavy atom. The maximum Gasteiger partial charge on any atom is 0.262 e. The molecule has 3 aromatic heterocycles. The van der Waals surface area contributed by atoms with E-state index in [9.17, 15) is 23.6 Å². The number of anilines is 2. The molecule has 2 atom stereocenters. The number of rotatable bonds is 12. The molecule has 2 fully saturated rings. The first-order valence-corrected chi connectivity index (χ1v) is 18.9. The average molecular weight is 744 g/mol. The number of aromatic nitrogens is 4. The standard InChI is InChI=1S/C41H42FN9O4/c1-2-6-34(39(53)44-26-52)50-40(54)30-13-12-27(23-31(30)41(50)55)16-18-47-19-21-48(22-20-47)37-11-4-9-32(45-37)35-25-43-36-14-15-38(46-51(35)36)49-17-5-10-33(49)28-7-3-8-29(42)24-28/h3-4,7-9,11-15,23-26,33-34H,2,5-6,10,16-22H2,1H3,(H,44,52,53). The average Bonchev–Trinajstić information content (AvgIpc) is 3.93. The van der Waals surface area contributed by atoms with Crippen molar-refractivity contribution in [3.05, 3.63) is 107 Å². The van der Waals surface area contributed by atoms with Crippen molar-refractivity contribution in [3.8, 4) is 11.4 Å². The Morgan fingerprint density at radius 1 is 0.945 bits per heavy atom. The number of fused-ring (bicyclic) bond motifs is 2. The summed E-state index contributed by atoms with van der Waals surface area (Å²) >= 11 is 0. The topological polar surface area (TPSA) is 136 Å². The van der Waals surface area contributed by atoms with Crippen LogP contribution < -0.4 is 15.1 Å². The van der Waals surface area contributed by atoms with Crippen LogP contribution in [-0.4, -0.2) is 98.8 Å². The molecule has 2 unspecified atom stereocenters. The van der Waals surface area contributed by atoms with E-state index >= 15 is 0 Å². The molecule has 0 saturated carbocycles. The number of piperazine rings is 1. The van der Waals surface area contributed by atoms with Gasteiger partial charge in [-0.25, -0.2) is 18.9 Å². The SMILES string of the molecule is CCCC(C(=O)NC=O)N1C(=O)c2ccc(CCN3CCN(c4cccc(-c5cnc6ccc(N7CCCC7c7cccc(F)c7)nn56)n4)CC3)cc2C1=O. The third-order valence-electron chi connectivity index (χ3n) is 10.9. The molecule has 14 heteroatoms. The van der Waals surface area contributed by atoms with Crippen molar-refractivity contribution in [2.24, 2.45) is 0 Å². The van der Waals surface area contributed by atoms with Gasteiger partial charge in [0, 0.05) is 39.3 Å². The van der Waals surface area contributed by atoms with Crippen molar-refractivity contribution >= 4 is 41.4 Å². The maximum absolute atomic E-state index is 14.1. The van der Waals surface area contributed by atoms with E-state index in [2.05, 4.69) is 25.0 Å². The predicted octanol–water partition coefficient (Wildman–Crippen LogP) is 4.67. The molecular weight excluding hydrogens is 702 g/mol. The monoisotopic (exact) mass is 743 g/mol. The van der Waals surface area contributed by atoms with E-state index in [0.29, 0.717) is 18.4 Å². The number of nitrogens with one attached hydrogen (secondary N) is 1. The van der Waals surface area contributed by atoms with Gasteiger partial charge < -0.3 is 9.80 Å². The van der Waals surface area contributed by atoms with Gasteiger partial charge in [-0.3, -0.25) is 34.3 Å². The second kappa shape index (κ2) is 15.4. The molecule has 282 valence electrons. The van der Waals surface area contributed by atoms with Crippen LogP contribution in [0.2, 0.25) is 0 Å². The minimum absolute atomic E-state index is 0.0527. The number of imide groups is 2. The molecule has 2 saturated heterocycles. The summed E-state index contributed by atoms with van der Waals surface area (Å²) in [6.07, 6.45) is 5.52. The van der Waals surface area contributed by atoms with Gasteiger partial charge in [-0.1, -0.05) is 37.6 Å². The number of nitrogens with zero attached hydrogens (tertiary/aromatic N) is 8. The van der Waals surface area contributed by atoms with Crippen LogP contribution >= 0.6 is 0 Å². The van der Waals surface area contributed by atoms with Gasteiger partial charge in [-0.05, 0) is 85.3 Å². The Morgan fingerprint density at radius 3 is 2.56 bits per heavy atom. The van der Waals surface area contributed by atoms with Crippen molar-refractivity contribution < 1.29 is 23.6 Å². The fourth-order valence-corrected chi connectivity index (χ4v) is 8.07. The zero-order valence-electron chi connectivity index (χ0n) is 30.6. The van der Waals surface area contributed by atoms with Crippen molar-refractivity contribution in [1.29, 1.82) is 0 Å². The van der Waals surface area contributed by atoms with E-state index in [1.165, 1.54) is 6.07 Å². The van der Waals surface area contributed by atoms with Gasteiger partial charge in [0.15, 0.2) is 5.65 Å². The third kappa shape index (κ3) is 7.05. The molecule has 5 aromatic rings. The summed E-state index contributed by atoms with van der Waals surface area (Å²) in [7, 11) is 0. The van der Waals surface area contributed by atoms with E-state index < -0.39 is 23.8 Å². The third-order valence-corrected chi connectivity index (χ3v) is 10.9. The van der Waals surface area contributed by atoms with Crippen LogP contribution in [-0.2, 0) is 16.0 Å². The van der Waals surface area contributed by atoms with Crippen LogP contribution in [0.15, 0.2) is 79.0 Å². The lowest BCUT2D eigenvalue weighted by atomic mass is 10.0. The lowest BCUT2D eigenvalue weighted by Gasteiger charge is -2.35. The molecule has 55 heavy (non-hydrogen) atoms. The highest BCUT2D eigenvalue weighted by atomic mass is 19.1. The van der Waals surface area contributed by atoms with Gasteiger partial charge in [0.2, 0.25) is 12.3 Å². The molecule has 6 heterocycles. The smallest absolute Gasteiger partial charge is 0.262 e. The lowest BCUT2D eigenvalue weighted by Crippen LogP contribution is -2.49. The fourth-order valence-electron chi connectivity index (χ4n) is 8.07. The minimum atomic E-state index is -1.04. The number of hydrogen-bond donors (Lipinski definition) is 1. The molecule has 0 radical (unpaired) electrons. The minimum Gasteiger partial charge on any atom is -0.354 e. The molecule has 1 N–H and O–H groups in total. The first-order valence-electron chi connectivity index (χ1n) is 18.9. The van der Waals surface area contributed by atoms with Gasteiger partial charge in [0.25, 0.3) is 11.8 Å². The van der Waals surface area contributed by atoms with Gasteiger partial charge in [0.1, 0.15) is 29.2 Å². The number of pyridine rings is 1. The summed E-state index contributed by atoms with van der Waals surface area (Å²) in [6, 6.07) is 21.1. The van der Waals surface area contributed by atoms with Crippen molar-refractivity contribution in [2.45, 2.75) is 51.1 Å². The molecule has 2 aromatic carbocycles. The lowest BCUT2D eigenvalue weighted by molar-refractivity contribution is -0.128. The van der Waals surface area contributed by atoms with Crippen LogP contribution in [0, 0.1) is 5.82 Å². The molecule has 3 aliphatic heterocycles. The molecule has 8 rings (SSSR count). The van der Waals surface area contributed by atoms with Crippen molar-refractivity contribution in [3.63, 3.8) is 0 Å². The largest absolute Gasteiger partial charge is 0.354 e. The van der Waals surface area contributed by atoms with E-state index in [-0.39, 0.29) is 30.3 Å². The fraction of sp³-hybridized carbons (Fsp3) is 0.341. The van der Waals surface area contributed by atoms with E-state index in [1.54, 1.807) is 30.5 Å². The summed E-state index contributed by atoms with van der Waals surface area (Å²) < 4.78 is 15.9. The molecule has 0 aliphatic carbocycles. The molecule has 0 spiro atoms. The van der Waals surface area contributed by atoms with Gasteiger partial charge in [0.05, 0.1) is 29.1 Å². The Labute approximate surface area is 317 Å². The second-order valence-electron chi connectivity index (χ2n) is 14.3. The zero-order chi connectivity index (χ0) is 38.1. The number of amides is 4. The van der Waals surface area contributed by atoms with Crippen LogP contribution in [0.1, 0.15) is 70.5 Å². The van der Waals surface area contributed by atoms with Gasteiger partial charge in [-0.15, -0.1) is 5.10 Å². The van der Waals surface area contributed by atoms with E-state index in [4.69, 9.17) is 10.1 Å².